The molecule has 1 saturated heterocycles. The number of nitrogens with one attached hydrogen (secondary N) is 1. The number of thiazole rings is 1. The second kappa shape index (κ2) is 9.64. The number of anilines is 2. The molecule has 2 aromatic heterocycles. The molecule has 1 atom stereocenters. The van der Waals surface area contributed by atoms with Crippen LogP contribution in [-0.4, -0.2) is 54.5 Å². The highest BCUT2D eigenvalue weighted by atomic mass is 32.2. The first-order chi connectivity index (χ1) is 17.3. The van der Waals surface area contributed by atoms with Gasteiger partial charge in [-0.1, -0.05) is 0 Å². The second-order valence-electron chi connectivity index (χ2n) is 8.65. The molecule has 1 aliphatic rings. The Labute approximate surface area is 214 Å². The van der Waals surface area contributed by atoms with E-state index in [-0.39, 0.29) is 24.8 Å². The molecule has 9 nitrogen and oxygen atoms in total. The van der Waals surface area contributed by atoms with E-state index >= 15 is 0 Å². The number of nitrogens with zero attached hydrogens (tertiary/aromatic N) is 5. The van der Waals surface area contributed by atoms with Crippen LogP contribution in [-0.2, 0) is 21.4 Å². The van der Waals surface area contributed by atoms with Crippen molar-refractivity contribution < 1.29 is 14.6 Å². The van der Waals surface area contributed by atoms with Gasteiger partial charge in [0.05, 0.1) is 16.5 Å². The van der Waals surface area contributed by atoms with Gasteiger partial charge in [0.1, 0.15) is 6.54 Å². The van der Waals surface area contributed by atoms with Crippen LogP contribution in [0.4, 0.5) is 10.8 Å². The average molecular weight is 523 g/mol. The Morgan fingerprint density at radius 2 is 2.03 bits per heavy atom. The van der Waals surface area contributed by atoms with Crippen molar-refractivity contribution in [3.63, 3.8) is 0 Å². The molecule has 36 heavy (non-hydrogen) atoms. The van der Waals surface area contributed by atoms with E-state index in [1.54, 1.807) is 41.9 Å². The molecule has 1 amide bonds. The Bertz CT molecular complexity index is 1550. The van der Waals surface area contributed by atoms with Crippen LogP contribution in [0.2, 0.25) is 0 Å². The zero-order valence-corrected chi connectivity index (χ0v) is 21.2. The maximum absolute atomic E-state index is 13.1. The molecule has 0 radical (unpaired) electrons. The number of carbonyl (C=O) groups excluding carboxylic acids is 1. The van der Waals surface area contributed by atoms with Gasteiger partial charge in [-0.05, 0) is 55.5 Å². The van der Waals surface area contributed by atoms with E-state index in [4.69, 9.17) is 5.26 Å². The van der Waals surface area contributed by atoms with Crippen molar-refractivity contribution in [2.75, 3.05) is 29.3 Å². The fourth-order valence-electron chi connectivity index (χ4n) is 4.49. The number of nitriles is 1. The van der Waals surface area contributed by atoms with E-state index in [1.807, 2.05) is 40.8 Å². The van der Waals surface area contributed by atoms with Gasteiger partial charge in [-0.2, -0.15) is 5.26 Å². The van der Waals surface area contributed by atoms with E-state index in [2.05, 4.69) is 20.7 Å². The second-order valence-corrected chi connectivity index (χ2v) is 11.2. The molecule has 0 saturated carbocycles. The van der Waals surface area contributed by atoms with Gasteiger partial charge >= 0.3 is 0 Å². The summed E-state index contributed by atoms with van der Waals surface area (Å²) in [4.78, 5) is 21.3. The van der Waals surface area contributed by atoms with Gasteiger partial charge in [0.25, 0.3) is 10.0 Å². The van der Waals surface area contributed by atoms with E-state index < -0.39 is 10.0 Å². The molecule has 1 unspecified atom stereocenters. The smallest absolute Gasteiger partial charge is 0.263 e. The highest BCUT2D eigenvalue weighted by Gasteiger charge is 2.28. The highest BCUT2D eigenvalue weighted by molar-refractivity contribution is 7.93. The first-order valence-corrected chi connectivity index (χ1v) is 13.8. The lowest BCUT2D eigenvalue weighted by molar-refractivity contribution is -0.134. The first-order valence-electron chi connectivity index (χ1n) is 11.4. The maximum atomic E-state index is 13.1. The molecule has 3 heterocycles. The molecule has 1 N–H and O–H groups in total. The fourth-order valence-corrected chi connectivity index (χ4v) is 6.28. The van der Waals surface area contributed by atoms with Crippen molar-refractivity contribution >= 4 is 49.0 Å². The van der Waals surface area contributed by atoms with E-state index in [1.165, 1.54) is 11.3 Å². The van der Waals surface area contributed by atoms with Crippen LogP contribution >= 0.6 is 11.3 Å². The van der Waals surface area contributed by atoms with Crippen molar-refractivity contribution in [2.45, 2.75) is 24.4 Å². The van der Waals surface area contributed by atoms with Crippen molar-refractivity contribution in [3.05, 3.63) is 71.9 Å². The summed E-state index contributed by atoms with van der Waals surface area (Å²) >= 11 is 1.22. The normalized spacial score (nSPS) is 16.2. The Balaban J connectivity index is 0.00000320. The van der Waals surface area contributed by atoms with Crippen LogP contribution in [0.15, 0.2) is 71.2 Å². The van der Waals surface area contributed by atoms with Gasteiger partial charge in [-0.25, -0.2) is 13.4 Å². The summed E-state index contributed by atoms with van der Waals surface area (Å²) in [5, 5.41) is 12.1. The van der Waals surface area contributed by atoms with Crippen LogP contribution in [0, 0.1) is 11.3 Å². The monoisotopic (exact) mass is 522 g/mol. The maximum Gasteiger partial charge on any atom is 0.263 e. The van der Waals surface area contributed by atoms with Crippen molar-refractivity contribution in [3.8, 4) is 6.07 Å². The average Bonchev–Trinajstić information content (AvgIpc) is 3.53. The van der Waals surface area contributed by atoms with Gasteiger partial charge in [0.2, 0.25) is 5.91 Å². The van der Waals surface area contributed by atoms with Gasteiger partial charge in [0, 0.05) is 61.5 Å². The van der Waals surface area contributed by atoms with E-state index in [9.17, 15) is 13.2 Å². The number of hydrogen-bond acceptors (Lipinski definition) is 7. The summed E-state index contributed by atoms with van der Waals surface area (Å²) in [6.45, 7) is 4.13. The number of sulfonamides is 1. The fraction of sp³-hybridized carbons (Fsp3) is 0.240. The molecule has 1 aliphatic heterocycles. The lowest BCUT2D eigenvalue weighted by Crippen LogP contribution is -2.54. The third-order valence-corrected chi connectivity index (χ3v) is 8.49. The zero-order chi connectivity index (χ0) is 25.3. The first kappa shape index (κ1) is 23.8. The van der Waals surface area contributed by atoms with E-state index in [0.29, 0.717) is 30.3 Å². The molecule has 0 spiro atoms. The highest BCUT2D eigenvalue weighted by Crippen LogP contribution is 2.24. The molecule has 1 fully saturated rings. The Morgan fingerprint density at radius 1 is 1.22 bits per heavy atom. The minimum atomic E-state index is -3.70. The minimum absolute atomic E-state index is 0. The van der Waals surface area contributed by atoms with Crippen molar-refractivity contribution in [1.29, 1.82) is 5.26 Å². The van der Waals surface area contributed by atoms with Gasteiger partial charge < -0.3 is 14.4 Å². The van der Waals surface area contributed by atoms with Crippen LogP contribution in [0.3, 0.4) is 0 Å². The topological polar surface area (TPSA) is 111 Å². The number of piperazine rings is 1. The van der Waals surface area contributed by atoms with E-state index in [0.717, 1.165) is 16.6 Å². The van der Waals surface area contributed by atoms with Gasteiger partial charge in [0.15, 0.2) is 5.13 Å². The minimum Gasteiger partial charge on any atom is -0.368 e. The number of carbonyl (C=O) groups is 1. The quantitative estimate of drug-likeness (QED) is 0.413. The lowest BCUT2D eigenvalue weighted by atomic mass is 10.1. The SMILES string of the molecule is CC1CN(c2ccc(S(=O)(=O)Nc3nccs3)cc2)CCN1C(=O)Cn1ccc2cc(C#N)ccc21.[HH]. The van der Waals surface area contributed by atoms with Crippen LogP contribution in [0.5, 0.6) is 0 Å². The van der Waals surface area contributed by atoms with Crippen molar-refractivity contribution in [2.24, 2.45) is 0 Å². The number of fused-ring (bicyclic) bond motifs is 1. The Morgan fingerprint density at radius 3 is 2.72 bits per heavy atom. The standard InChI is InChI=1S/C25H24N6O3S2.H2/c1-18-16-29(21-3-5-22(6-4-21)36(33,34)28-25-27-9-13-35-25)11-12-31(18)24(32)17-30-10-8-20-14-19(15-26)2-7-23(20)30;/h2-10,13-14,18H,11-12,16-17H2,1H3,(H,27,28);1H. The largest absolute Gasteiger partial charge is 0.368 e. The molecular weight excluding hydrogens is 496 g/mol. The van der Waals surface area contributed by atoms with Gasteiger partial charge in [-0.15, -0.1) is 11.3 Å². The van der Waals surface area contributed by atoms with Crippen LogP contribution < -0.4 is 9.62 Å². The Hall–Kier alpha value is -3.88. The van der Waals surface area contributed by atoms with Crippen LogP contribution in [0.1, 0.15) is 13.9 Å². The molecule has 4 aromatic rings. The summed E-state index contributed by atoms with van der Waals surface area (Å²) < 4.78 is 29.6. The molecule has 0 aliphatic carbocycles. The molecular formula is C25H26N6O3S2. The van der Waals surface area contributed by atoms with Crippen molar-refractivity contribution in [1.82, 2.24) is 14.5 Å². The zero-order valence-electron chi connectivity index (χ0n) is 19.5. The molecule has 11 heteroatoms. The Kier molecular flexibility index (Phi) is 6.38. The summed E-state index contributed by atoms with van der Waals surface area (Å²) in [5.74, 6) is 0.0405. The molecule has 186 valence electrons. The summed E-state index contributed by atoms with van der Waals surface area (Å²) in [6.07, 6.45) is 3.42. The molecule has 2 aromatic carbocycles. The molecule has 0 bridgehead atoms. The predicted molar refractivity (Wildman–Crippen MR) is 142 cm³/mol. The summed E-state index contributed by atoms with van der Waals surface area (Å²) in [6, 6.07) is 16.3. The number of hydrogen-bond donors (Lipinski definition) is 1. The number of amides is 1. The van der Waals surface area contributed by atoms with Crippen LogP contribution in [0.25, 0.3) is 10.9 Å². The number of benzene rings is 2. The summed E-state index contributed by atoms with van der Waals surface area (Å²) in [7, 11) is -3.70. The third kappa shape index (κ3) is 4.78. The van der Waals surface area contributed by atoms with Gasteiger partial charge in [-0.3, -0.25) is 9.52 Å². The summed E-state index contributed by atoms with van der Waals surface area (Å²) in [5.41, 5.74) is 2.43. The lowest BCUT2D eigenvalue weighted by Gasteiger charge is -2.41. The number of rotatable bonds is 6. The predicted octanol–water partition coefficient (Wildman–Crippen LogP) is 3.75. The number of aromatic nitrogens is 2. The third-order valence-electron chi connectivity index (χ3n) is 6.32. The molecule has 5 rings (SSSR count).